The summed E-state index contributed by atoms with van der Waals surface area (Å²) in [7, 11) is -8.05. The van der Waals surface area contributed by atoms with E-state index in [0.29, 0.717) is 0 Å². The largest absolute Gasteiger partial charge is 0.413 e. The van der Waals surface area contributed by atoms with Gasteiger partial charge in [0.25, 0.3) is 0 Å². The first-order chi connectivity index (χ1) is 12.1. The SMILES string of the molecule is CC(C)OC(C)[Si]1(C)O[Si](C)(C(C)OC(C)C)O[Si](C)(C(C)OC(C)C)O1. The predicted octanol–water partition coefficient (Wildman–Crippen LogP) is 4.32. The first-order valence-corrected chi connectivity index (χ1v) is 17.4. The van der Waals surface area contributed by atoms with Crippen molar-refractivity contribution in [2.45, 2.75) is 117 Å². The lowest BCUT2D eigenvalue weighted by molar-refractivity contribution is -0.00210. The maximum Gasteiger partial charge on any atom is 0.347 e. The van der Waals surface area contributed by atoms with Gasteiger partial charge in [-0.15, -0.1) is 0 Å². The molecule has 0 aromatic carbocycles. The molecule has 1 heterocycles. The van der Waals surface area contributed by atoms with Crippen molar-refractivity contribution in [3.8, 4) is 0 Å². The fraction of sp³-hybridized carbons (Fsp3) is 1.00. The van der Waals surface area contributed by atoms with E-state index in [-0.39, 0.29) is 35.5 Å². The van der Waals surface area contributed by atoms with Crippen LogP contribution in [0.1, 0.15) is 62.3 Å². The number of hydrogen-bond acceptors (Lipinski definition) is 6. The summed E-state index contributed by atoms with van der Waals surface area (Å²) >= 11 is 0. The normalized spacial score (nSPS) is 35.7. The van der Waals surface area contributed by atoms with Gasteiger partial charge in [0.15, 0.2) is 0 Å². The average molecular weight is 439 g/mol. The molecule has 9 heteroatoms. The minimum absolute atomic E-state index is 0.105. The van der Waals surface area contributed by atoms with Crippen molar-refractivity contribution in [3.05, 3.63) is 0 Å². The van der Waals surface area contributed by atoms with Gasteiger partial charge in [-0.3, -0.25) is 0 Å². The summed E-state index contributed by atoms with van der Waals surface area (Å²) in [4.78, 5) is 0. The predicted molar refractivity (Wildman–Crippen MR) is 115 cm³/mol. The zero-order valence-corrected chi connectivity index (χ0v) is 22.4. The molecule has 1 saturated heterocycles. The Morgan fingerprint density at radius 1 is 0.444 bits per heavy atom. The summed E-state index contributed by atoms with van der Waals surface area (Å²) in [6.07, 6.45) is 0.316. The molecule has 1 rings (SSSR count). The van der Waals surface area contributed by atoms with Crippen LogP contribution in [0, 0.1) is 0 Å². The van der Waals surface area contributed by atoms with Crippen LogP contribution in [0.5, 0.6) is 0 Å². The summed E-state index contributed by atoms with van der Waals surface area (Å²) in [5, 5.41) is 0. The molecular formula is C18H42O6Si3. The minimum atomic E-state index is -2.68. The summed E-state index contributed by atoms with van der Waals surface area (Å²) in [5.41, 5.74) is -0.340. The van der Waals surface area contributed by atoms with Gasteiger partial charge >= 0.3 is 25.7 Å². The Bertz CT molecular complexity index is 401. The van der Waals surface area contributed by atoms with Crippen LogP contribution in [0.15, 0.2) is 0 Å². The highest BCUT2D eigenvalue weighted by molar-refractivity contribution is 6.94. The summed E-state index contributed by atoms with van der Waals surface area (Å²) < 4.78 is 38.5. The molecule has 27 heavy (non-hydrogen) atoms. The van der Waals surface area contributed by atoms with Crippen LogP contribution in [-0.4, -0.2) is 61.2 Å². The Kier molecular flexibility index (Phi) is 8.94. The van der Waals surface area contributed by atoms with E-state index in [9.17, 15) is 0 Å². The van der Waals surface area contributed by atoms with Crippen LogP contribution >= 0.6 is 0 Å². The molecule has 1 aliphatic heterocycles. The molecule has 1 aliphatic rings. The second-order valence-corrected chi connectivity index (χ2v) is 19.8. The molecule has 0 N–H and O–H groups in total. The Labute approximate surface area is 170 Å². The van der Waals surface area contributed by atoms with Gasteiger partial charge in [0.05, 0.1) is 35.5 Å². The van der Waals surface area contributed by atoms with E-state index in [0.717, 1.165) is 0 Å². The minimum Gasteiger partial charge on any atom is -0.413 e. The van der Waals surface area contributed by atoms with Gasteiger partial charge in [0, 0.05) is 0 Å². The Morgan fingerprint density at radius 3 is 0.778 bits per heavy atom. The first kappa shape index (κ1) is 25.4. The number of hydrogen-bond donors (Lipinski definition) is 0. The van der Waals surface area contributed by atoms with E-state index in [1.165, 1.54) is 0 Å². The van der Waals surface area contributed by atoms with Crippen molar-refractivity contribution in [2.24, 2.45) is 0 Å². The van der Waals surface area contributed by atoms with E-state index in [2.05, 4.69) is 40.4 Å². The lowest BCUT2D eigenvalue weighted by Gasteiger charge is -2.54. The Morgan fingerprint density at radius 2 is 0.630 bits per heavy atom. The third-order valence-corrected chi connectivity index (χ3v) is 19.4. The lowest BCUT2D eigenvalue weighted by atomic mass is 10.5. The number of rotatable bonds is 9. The third-order valence-electron chi connectivity index (χ3n) is 4.86. The molecule has 0 aliphatic carbocycles. The van der Waals surface area contributed by atoms with E-state index >= 15 is 0 Å². The molecular weight excluding hydrogens is 396 g/mol. The molecule has 0 radical (unpaired) electrons. The van der Waals surface area contributed by atoms with Crippen molar-refractivity contribution in [1.82, 2.24) is 0 Å². The van der Waals surface area contributed by atoms with E-state index in [4.69, 9.17) is 26.6 Å². The van der Waals surface area contributed by atoms with E-state index in [1.807, 2.05) is 41.5 Å². The Hall–Kier alpha value is 0.411. The topological polar surface area (TPSA) is 55.4 Å². The second-order valence-electron chi connectivity index (χ2n) is 8.84. The monoisotopic (exact) mass is 438 g/mol. The first-order valence-electron chi connectivity index (χ1n) is 10.2. The zero-order chi connectivity index (χ0) is 21.2. The highest BCUT2D eigenvalue weighted by Gasteiger charge is 2.63. The highest BCUT2D eigenvalue weighted by Crippen LogP contribution is 2.38. The van der Waals surface area contributed by atoms with E-state index in [1.54, 1.807) is 0 Å². The van der Waals surface area contributed by atoms with Crippen molar-refractivity contribution in [2.75, 3.05) is 0 Å². The lowest BCUT2D eigenvalue weighted by Crippen LogP contribution is -2.77. The fourth-order valence-corrected chi connectivity index (χ4v) is 20.2. The maximum absolute atomic E-state index is 6.70. The van der Waals surface area contributed by atoms with Crippen molar-refractivity contribution < 1.29 is 26.6 Å². The maximum atomic E-state index is 6.70. The molecule has 1 fully saturated rings. The molecule has 162 valence electrons. The van der Waals surface area contributed by atoms with Gasteiger partial charge in [-0.05, 0) is 82.0 Å². The summed E-state index contributed by atoms with van der Waals surface area (Å²) in [5.74, 6) is 0. The van der Waals surface area contributed by atoms with Gasteiger partial charge in [-0.2, -0.15) is 0 Å². The van der Waals surface area contributed by atoms with Crippen molar-refractivity contribution in [1.29, 1.82) is 0 Å². The molecule has 6 nitrogen and oxygen atoms in total. The van der Waals surface area contributed by atoms with Crippen LogP contribution in [0.4, 0.5) is 0 Å². The Balaban J connectivity index is 3.26. The summed E-state index contributed by atoms with van der Waals surface area (Å²) in [6.45, 7) is 24.7. The standard InChI is InChI=1S/C18H42O6Si3/c1-13(2)19-16(7)25(10)22-26(11,17(8)20-14(3)4)24-27(12,23-25)18(9)21-15(5)6/h13-18H,1-12H3. The van der Waals surface area contributed by atoms with Gasteiger partial charge in [0.1, 0.15) is 0 Å². The molecule has 3 unspecified atom stereocenters. The van der Waals surface area contributed by atoms with Crippen LogP contribution in [0.3, 0.4) is 0 Å². The fourth-order valence-electron chi connectivity index (χ4n) is 3.36. The smallest absolute Gasteiger partial charge is 0.347 e. The molecule has 0 aromatic heterocycles. The number of ether oxygens (including phenoxy) is 3. The molecule has 3 atom stereocenters. The van der Waals surface area contributed by atoms with Crippen LogP contribution < -0.4 is 0 Å². The highest BCUT2D eigenvalue weighted by atomic mass is 28.5. The van der Waals surface area contributed by atoms with Gasteiger partial charge in [-0.25, -0.2) is 0 Å². The van der Waals surface area contributed by atoms with Crippen molar-refractivity contribution in [3.63, 3.8) is 0 Å². The van der Waals surface area contributed by atoms with E-state index < -0.39 is 25.7 Å². The van der Waals surface area contributed by atoms with Crippen molar-refractivity contribution >= 4 is 25.7 Å². The molecule has 0 amide bonds. The van der Waals surface area contributed by atoms with Gasteiger partial charge in [-0.1, -0.05) is 0 Å². The second kappa shape index (κ2) is 9.48. The zero-order valence-electron chi connectivity index (χ0n) is 19.4. The molecule has 0 spiro atoms. The van der Waals surface area contributed by atoms with Crippen LogP contribution in [0.2, 0.25) is 19.6 Å². The van der Waals surface area contributed by atoms with Crippen LogP contribution in [0.25, 0.3) is 0 Å². The van der Waals surface area contributed by atoms with Gasteiger partial charge in [0.2, 0.25) is 0 Å². The quantitative estimate of drug-likeness (QED) is 0.500. The average Bonchev–Trinajstić information content (AvgIpc) is 2.43. The van der Waals surface area contributed by atoms with Crippen LogP contribution in [-0.2, 0) is 26.6 Å². The molecule has 0 aromatic rings. The molecule has 0 saturated carbocycles. The summed E-state index contributed by atoms with van der Waals surface area (Å²) in [6, 6.07) is 0. The molecule has 0 bridgehead atoms. The van der Waals surface area contributed by atoms with Gasteiger partial charge < -0.3 is 26.6 Å². The third kappa shape index (κ3) is 6.72.